The van der Waals surface area contributed by atoms with Crippen LogP contribution in [0, 0.1) is 5.92 Å². The van der Waals surface area contributed by atoms with Gasteiger partial charge in [0, 0.05) is 20.1 Å². The summed E-state index contributed by atoms with van der Waals surface area (Å²) >= 11 is 0. The first-order chi connectivity index (χ1) is 11.7. The van der Waals surface area contributed by atoms with Crippen molar-refractivity contribution in [2.24, 2.45) is 5.92 Å². The third kappa shape index (κ3) is 4.57. The fourth-order valence-corrected chi connectivity index (χ4v) is 3.32. The van der Waals surface area contributed by atoms with E-state index in [-0.39, 0.29) is 6.03 Å². The molecule has 0 atom stereocenters. The first kappa shape index (κ1) is 16.5. The molecule has 128 valence electrons. The molecule has 0 spiro atoms. The number of rotatable bonds is 6. The van der Waals surface area contributed by atoms with E-state index in [1.54, 1.807) is 11.0 Å². The molecule has 1 aliphatic rings. The summed E-state index contributed by atoms with van der Waals surface area (Å²) in [5.74, 6) is 0.673. The molecule has 0 unspecified atom stereocenters. The maximum Gasteiger partial charge on any atom is 0.317 e. The molecule has 6 nitrogen and oxygen atoms in total. The Labute approximate surface area is 142 Å². The highest BCUT2D eigenvalue weighted by molar-refractivity contribution is 5.73. The molecule has 6 heteroatoms. The summed E-state index contributed by atoms with van der Waals surface area (Å²) in [5.41, 5.74) is 2.24. The van der Waals surface area contributed by atoms with Crippen LogP contribution < -0.4 is 5.32 Å². The van der Waals surface area contributed by atoms with Crippen LogP contribution in [0.4, 0.5) is 4.79 Å². The second-order valence-corrected chi connectivity index (χ2v) is 6.60. The maximum absolute atomic E-state index is 12.2. The highest BCUT2D eigenvalue weighted by atomic mass is 16.2. The molecule has 1 N–H and O–H groups in total. The van der Waals surface area contributed by atoms with Gasteiger partial charge < -0.3 is 10.2 Å². The van der Waals surface area contributed by atoms with E-state index in [2.05, 4.69) is 27.5 Å². The number of carbonyl (C=O) groups is 1. The van der Waals surface area contributed by atoms with Crippen molar-refractivity contribution >= 4 is 6.03 Å². The zero-order valence-corrected chi connectivity index (χ0v) is 14.2. The summed E-state index contributed by atoms with van der Waals surface area (Å²) < 4.78 is 1.78. The quantitative estimate of drug-likeness (QED) is 0.887. The minimum absolute atomic E-state index is 0.00331. The first-order valence-electron chi connectivity index (χ1n) is 8.60. The topological polar surface area (TPSA) is 63.1 Å². The monoisotopic (exact) mass is 327 g/mol. The van der Waals surface area contributed by atoms with Crippen LogP contribution in [0.2, 0.25) is 0 Å². The third-order valence-electron chi connectivity index (χ3n) is 4.60. The second kappa shape index (κ2) is 7.95. The lowest BCUT2D eigenvalue weighted by atomic mass is 10.1. The first-order valence-corrected chi connectivity index (χ1v) is 8.60. The van der Waals surface area contributed by atoms with Crippen LogP contribution in [0.5, 0.6) is 0 Å². The maximum atomic E-state index is 12.2. The predicted molar refractivity (Wildman–Crippen MR) is 92.4 cm³/mol. The second-order valence-electron chi connectivity index (χ2n) is 6.60. The lowest BCUT2D eigenvalue weighted by Gasteiger charge is -2.21. The van der Waals surface area contributed by atoms with Crippen molar-refractivity contribution in [2.45, 2.75) is 38.8 Å². The Bertz CT molecular complexity index is 649. The van der Waals surface area contributed by atoms with Gasteiger partial charge in [-0.1, -0.05) is 37.1 Å². The van der Waals surface area contributed by atoms with Crippen LogP contribution in [-0.4, -0.2) is 39.3 Å². The number of benzene rings is 1. The Kier molecular flexibility index (Phi) is 5.46. The molecule has 0 bridgehead atoms. The number of nitrogens with zero attached hydrogens (tertiary/aromatic N) is 4. The van der Waals surface area contributed by atoms with E-state index in [1.807, 2.05) is 24.1 Å². The van der Waals surface area contributed by atoms with Gasteiger partial charge in [-0.25, -0.2) is 14.5 Å². The molecule has 1 fully saturated rings. The van der Waals surface area contributed by atoms with Crippen molar-refractivity contribution in [3.8, 4) is 0 Å². The Morgan fingerprint density at radius 3 is 2.88 bits per heavy atom. The third-order valence-corrected chi connectivity index (χ3v) is 4.60. The fourth-order valence-electron chi connectivity index (χ4n) is 3.32. The average molecular weight is 327 g/mol. The van der Waals surface area contributed by atoms with Gasteiger partial charge in [-0.2, -0.15) is 5.10 Å². The van der Waals surface area contributed by atoms with Crippen molar-refractivity contribution in [2.75, 3.05) is 13.6 Å². The minimum atomic E-state index is 0.00331. The molecule has 0 aliphatic heterocycles. The zero-order valence-electron chi connectivity index (χ0n) is 14.2. The highest BCUT2D eigenvalue weighted by Crippen LogP contribution is 2.25. The van der Waals surface area contributed by atoms with Gasteiger partial charge in [-0.15, -0.1) is 0 Å². The molecule has 0 saturated heterocycles. The van der Waals surface area contributed by atoms with Crippen molar-refractivity contribution in [3.05, 3.63) is 48.0 Å². The number of urea groups is 1. The lowest BCUT2D eigenvalue weighted by molar-refractivity contribution is 0.200. The van der Waals surface area contributed by atoms with Gasteiger partial charge in [0.2, 0.25) is 0 Å². The molecule has 1 aromatic carbocycles. The number of amides is 2. The Morgan fingerprint density at radius 2 is 2.12 bits per heavy atom. The molecule has 1 aliphatic carbocycles. The molecule has 1 saturated carbocycles. The van der Waals surface area contributed by atoms with E-state index in [0.717, 1.165) is 17.7 Å². The summed E-state index contributed by atoms with van der Waals surface area (Å²) in [6, 6.07) is 8.19. The van der Waals surface area contributed by atoms with Crippen molar-refractivity contribution in [3.63, 3.8) is 0 Å². The van der Waals surface area contributed by atoms with Gasteiger partial charge in [0.25, 0.3) is 0 Å². The smallest absolute Gasteiger partial charge is 0.317 e. The standard InChI is InChI=1S/C18H25N5O/c1-22(11-15-5-2-3-6-15)18(24)20-10-16-7-4-8-17(9-16)12-23-14-19-13-21-23/h4,7-9,13-15H,2-3,5-6,10-12H2,1H3,(H,20,24). The van der Waals surface area contributed by atoms with Gasteiger partial charge in [0.05, 0.1) is 6.54 Å². The molecular formula is C18H25N5O. The van der Waals surface area contributed by atoms with E-state index < -0.39 is 0 Å². The van der Waals surface area contributed by atoms with Crippen LogP contribution in [0.1, 0.15) is 36.8 Å². The Morgan fingerprint density at radius 1 is 1.33 bits per heavy atom. The van der Waals surface area contributed by atoms with E-state index in [1.165, 1.54) is 32.0 Å². The van der Waals surface area contributed by atoms with Crippen molar-refractivity contribution in [1.82, 2.24) is 25.0 Å². The van der Waals surface area contributed by atoms with Crippen LogP contribution in [0.25, 0.3) is 0 Å². The van der Waals surface area contributed by atoms with Gasteiger partial charge in [0.15, 0.2) is 0 Å². The summed E-state index contributed by atoms with van der Waals surface area (Å²) in [6.45, 7) is 2.08. The molecule has 3 rings (SSSR count). The largest absolute Gasteiger partial charge is 0.334 e. The van der Waals surface area contributed by atoms with Crippen molar-refractivity contribution < 1.29 is 4.79 Å². The molecule has 1 aromatic heterocycles. The van der Waals surface area contributed by atoms with Crippen LogP contribution >= 0.6 is 0 Å². The molecule has 2 amide bonds. The number of hydrogen-bond donors (Lipinski definition) is 1. The number of aromatic nitrogens is 3. The zero-order chi connectivity index (χ0) is 16.8. The average Bonchev–Trinajstić information content (AvgIpc) is 3.27. The number of carbonyl (C=O) groups excluding carboxylic acids is 1. The van der Waals surface area contributed by atoms with Gasteiger partial charge >= 0.3 is 6.03 Å². The SMILES string of the molecule is CN(CC1CCCC1)C(=O)NCc1cccc(Cn2cncn2)c1. The Balaban J connectivity index is 1.49. The van der Waals surface area contributed by atoms with E-state index in [4.69, 9.17) is 0 Å². The molecule has 1 heterocycles. The van der Waals surface area contributed by atoms with Crippen LogP contribution in [0.3, 0.4) is 0 Å². The molecule has 2 aromatic rings. The number of nitrogens with one attached hydrogen (secondary N) is 1. The minimum Gasteiger partial charge on any atom is -0.334 e. The van der Waals surface area contributed by atoms with E-state index >= 15 is 0 Å². The van der Waals surface area contributed by atoms with Gasteiger partial charge in [0.1, 0.15) is 12.7 Å². The van der Waals surface area contributed by atoms with Crippen molar-refractivity contribution in [1.29, 1.82) is 0 Å². The van der Waals surface area contributed by atoms with Crippen LogP contribution in [-0.2, 0) is 13.1 Å². The fraction of sp³-hybridized carbons (Fsp3) is 0.500. The van der Waals surface area contributed by atoms with Gasteiger partial charge in [-0.05, 0) is 29.9 Å². The summed E-state index contributed by atoms with van der Waals surface area (Å²) in [7, 11) is 1.88. The number of hydrogen-bond acceptors (Lipinski definition) is 3. The molecular weight excluding hydrogens is 302 g/mol. The Hall–Kier alpha value is -2.37. The highest BCUT2D eigenvalue weighted by Gasteiger charge is 2.19. The summed E-state index contributed by atoms with van der Waals surface area (Å²) in [5, 5.41) is 7.13. The lowest BCUT2D eigenvalue weighted by Crippen LogP contribution is -2.39. The predicted octanol–water partition coefficient (Wildman–Crippen LogP) is 2.66. The van der Waals surface area contributed by atoms with Gasteiger partial charge in [-0.3, -0.25) is 0 Å². The summed E-state index contributed by atoms with van der Waals surface area (Å²) in [6.07, 6.45) is 8.35. The van der Waals surface area contributed by atoms with E-state index in [9.17, 15) is 4.79 Å². The molecule has 24 heavy (non-hydrogen) atoms. The van der Waals surface area contributed by atoms with Crippen LogP contribution in [0.15, 0.2) is 36.9 Å². The molecule has 0 radical (unpaired) electrons. The normalized spacial score (nSPS) is 14.7. The summed E-state index contributed by atoms with van der Waals surface area (Å²) in [4.78, 5) is 18.0. The van der Waals surface area contributed by atoms with E-state index in [0.29, 0.717) is 19.0 Å².